The molecule has 1 heterocycles. The summed E-state index contributed by atoms with van der Waals surface area (Å²) in [5.74, 6) is 1.56. The number of ether oxygens (including phenoxy) is 1. The number of rotatable bonds is 0. The van der Waals surface area contributed by atoms with Gasteiger partial charge in [-0.3, -0.25) is 0 Å². The molecule has 0 aromatic heterocycles. The second-order valence-electron chi connectivity index (χ2n) is 6.03. The summed E-state index contributed by atoms with van der Waals surface area (Å²) in [6, 6.07) is 0. The molecule has 1 saturated carbocycles. The van der Waals surface area contributed by atoms with E-state index in [1.54, 1.807) is 0 Å². The van der Waals surface area contributed by atoms with Gasteiger partial charge in [0, 0.05) is 6.61 Å². The Morgan fingerprint density at radius 1 is 1.14 bits per heavy atom. The summed E-state index contributed by atoms with van der Waals surface area (Å²) in [6.07, 6.45) is 5.25. The summed E-state index contributed by atoms with van der Waals surface area (Å²) in [6.45, 7) is 10.6. The maximum absolute atomic E-state index is 6.18. The molecule has 1 saturated heterocycles. The van der Waals surface area contributed by atoms with Crippen LogP contribution in [0.25, 0.3) is 0 Å². The van der Waals surface area contributed by atoms with Crippen molar-refractivity contribution in [2.45, 2.75) is 59.0 Å². The van der Waals surface area contributed by atoms with Crippen LogP contribution in [0.4, 0.5) is 0 Å². The van der Waals surface area contributed by atoms with E-state index in [1.165, 1.54) is 25.7 Å². The summed E-state index contributed by atoms with van der Waals surface area (Å²) in [5, 5.41) is 0. The quantitative estimate of drug-likeness (QED) is 0.575. The summed E-state index contributed by atoms with van der Waals surface area (Å²) in [4.78, 5) is 0. The molecule has 0 N–H and O–H groups in total. The van der Waals surface area contributed by atoms with Crippen molar-refractivity contribution in [1.82, 2.24) is 0 Å². The van der Waals surface area contributed by atoms with Gasteiger partial charge in [0.2, 0.25) is 0 Å². The smallest absolute Gasteiger partial charge is 0.0761 e. The summed E-state index contributed by atoms with van der Waals surface area (Å²) in [5.41, 5.74) is 0.583. The second kappa shape index (κ2) is 3.23. The Hall–Kier alpha value is -0.0400. The minimum atomic E-state index is 0.199. The molecule has 0 aromatic rings. The third-order valence-corrected chi connectivity index (χ3v) is 5.01. The predicted molar refractivity (Wildman–Crippen MR) is 59.3 cm³/mol. The topological polar surface area (TPSA) is 9.23 Å². The van der Waals surface area contributed by atoms with Crippen molar-refractivity contribution in [3.8, 4) is 0 Å². The predicted octanol–water partition coefficient (Wildman–Crippen LogP) is 3.63. The van der Waals surface area contributed by atoms with Gasteiger partial charge in [-0.05, 0) is 42.9 Å². The van der Waals surface area contributed by atoms with Gasteiger partial charge in [-0.1, -0.05) is 27.7 Å². The lowest BCUT2D eigenvalue weighted by Crippen LogP contribution is -2.54. The Bertz CT molecular complexity index is 213. The third-order valence-electron chi connectivity index (χ3n) is 5.01. The lowest BCUT2D eigenvalue weighted by molar-refractivity contribution is -0.159. The highest BCUT2D eigenvalue weighted by atomic mass is 16.5. The van der Waals surface area contributed by atoms with E-state index < -0.39 is 0 Å². The molecule has 0 aromatic carbocycles. The lowest BCUT2D eigenvalue weighted by atomic mass is 9.56. The zero-order valence-corrected chi connectivity index (χ0v) is 10.1. The molecular formula is C13H24O. The molecule has 0 radical (unpaired) electrons. The Kier molecular flexibility index (Phi) is 2.42. The van der Waals surface area contributed by atoms with Crippen LogP contribution in [0.3, 0.4) is 0 Å². The van der Waals surface area contributed by atoms with Gasteiger partial charge >= 0.3 is 0 Å². The fraction of sp³-hybridized carbons (Fsp3) is 1.00. The molecule has 1 spiro atoms. The zero-order valence-electron chi connectivity index (χ0n) is 10.1. The van der Waals surface area contributed by atoms with Gasteiger partial charge in [-0.2, -0.15) is 0 Å². The molecule has 0 amide bonds. The molecular weight excluding hydrogens is 172 g/mol. The van der Waals surface area contributed by atoms with Crippen molar-refractivity contribution in [3.63, 3.8) is 0 Å². The van der Waals surface area contributed by atoms with Gasteiger partial charge in [0.25, 0.3) is 0 Å². The van der Waals surface area contributed by atoms with Gasteiger partial charge in [0.1, 0.15) is 0 Å². The van der Waals surface area contributed by atoms with Gasteiger partial charge in [-0.25, -0.2) is 0 Å². The second-order valence-corrected chi connectivity index (χ2v) is 6.03. The van der Waals surface area contributed by atoms with Gasteiger partial charge in [-0.15, -0.1) is 0 Å². The van der Waals surface area contributed by atoms with Crippen LogP contribution in [0.1, 0.15) is 53.4 Å². The van der Waals surface area contributed by atoms with Gasteiger partial charge in [0.05, 0.1) is 5.60 Å². The fourth-order valence-electron chi connectivity index (χ4n) is 3.68. The van der Waals surface area contributed by atoms with Crippen LogP contribution >= 0.6 is 0 Å². The summed E-state index contributed by atoms with van der Waals surface area (Å²) >= 11 is 0. The van der Waals surface area contributed by atoms with Gasteiger partial charge in [0.15, 0.2) is 0 Å². The van der Waals surface area contributed by atoms with Crippen molar-refractivity contribution < 1.29 is 4.74 Å². The Balaban J connectivity index is 2.31. The first kappa shape index (κ1) is 10.5. The number of hydrogen-bond donors (Lipinski definition) is 0. The van der Waals surface area contributed by atoms with Crippen molar-refractivity contribution in [2.75, 3.05) is 6.61 Å². The lowest BCUT2D eigenvalue weighted by Gasteiger charge is -2.53. The zero-order chi connectivity index (χ0) is 10.4. The molecule has 1 heteroatoms. The normalized spacial score (nSPS) is 47.1. The molecule has 2 rings (SSSR count). The van der Waals surface area contributed by atoms with Gasteiger partial charge < -0.3 is 4.74 Å². The average molecular weight is 196 g/mol. The minimum Gasteiger partial charge on any atom is -0.374 e. The highest BCUT2D eigenvalue weighted by Gasteiger charge is 2.55. The van der Waals surface area contributed by atoms with E-state index in [0.717, 1.165) is 18.4 Å². The van der Waals surface area contributed by atoms with Crippen LogP contribution in [0.5, 0.6) is 0 Å². The first-order chi connectivity index (χ1) is 6.50. The van der Waals surface area contributed by atoms with E-state index in [9.17, 15) is 0 Å². The largest absolute Gasteiger partial charge is 0.374 e. The molecule has 14 heavy (non-hydrogen) atoms. The standard InChI is InChI=1S/C13H24O/c1-10-6-8-12(3,4)13(11(10)2)7-5-9-14-13/h10-11H,5-9H2,1-4H3. The minimum absolute atomic E-state index is 0.199. The molecule has 2 aliphatic rings. The van der Waals surface area contributed by atoms with Crippen molar-refractivity contribution in [2.24, 2.45) is 17.3 Å². The molecule has 82 valence electrons. The Labute approximate surface area is 88.2 Å². The van der Waals surface area contributed by atoms with E-state index in [1.807, 2.05) is 0 Å². The van der Waals surface area contributed by atoms with Crippen LogP contribution in [0, 0.1) is 17.3 Å². The summed E-state index contributed by atoms with van der Waals surface area (Å²) in [7, 11) is 0. The van der Waals surface area contributed by atoms with Crippen molar-refractivity contribution in [1.29, 1.82) is 0 Å². The molecule has 0 bridgehead atoms. The Morgan fingerprint density at radius 2 is 1.86 bits per heavy atom. The van der Waals surface area contributed by atoms with Crippen LogP contribution in [-0.2, 0) is 4.74 Å². The van der Waals surface area contributed by atoms with Crippen LogP contribution in [0.15, 0.2) is 0 Å². The van der Waals surface area contributed by atoms with Crippen LogP contribution in [-0.4, -0.2) is 12.2 Å². The molecule has 1 aliphatic carbocycles. The maximum Gasteiger partial charge on any atom is 0.0761 e. The van der Waals surface area contributed by atoms with Crippen LogP contribution < -0.4 is 0 Å². The monoisotopic (exact) mass is 196 g/mol. The average Bonchev–Trinajstić information content (AvgIpc) is 2.61. The fourth-order valence-corrected chi connectivity index (χ4v) is 3.68. The van der Waals surface area contributed by atoms with E-state index in [0.29, 0.717) is 5.41 Å². The Morgan fingerprint density at radius 3 is 2.43 bits per heavy atom. The van der Waals surface area contributed by atoms with Crippen molar-refractivity contribution >= 4 is 0 Å². The molecule has 1 nitrogen and oxygen atoms in total. The molecule has 3 atom stereocenters. The van der Waals surface area contributed by atoms with Crippen molar-refractivity contribution in [3.05, 3.63) is 0 Å². The van der Waals surface area contributed by atoms with E-state index in [-0.39, 0.29) is 5.60 Å². The molecule has 2 fully saturated rings. The van der Waals surface area contributed by atoms with E-state index in [2.05, 4.69) is 27.7 Å². The van der Waals surface area contributed by atoms with Crippen LogP contribution in [0.2, 0.25) is 0 Å². The highest BCUT2D eigenvalue weighted by molar-refractivity contribution is 5.05. The SMILES string of the molecule is CC1CCC(C)(C)C2(CCCO2)C1C. The summed E-state index contributed by atoms with van der Waals surface area (Å²) < 4.78 is 6.18. The maximum atomic E-state index is 6.18. The number of hydrogen-bond acceptors (Lipinski definition) is 1. The first-order valence-corrected chi connectivity index (χ1v) is 6.13. The van der Waals surface area contributed by atoms with E-state index >= 15 is 0 Å². The first-order valence-electron chi connectivity index (χ1n) is 6.13. The van der Waals surface area contributed by atoms with E-state index in [4.69, 9.17) is 4.74 Å². The highest BCUT2D eigenvalue weighted by Crippen LogP contribution is 2.55. The molecule has 3 unspecified atom stereocenters. The molecule has 1 aliphatic heterocycles. The third kappa shape index (κ3) is 1.25.